The van der Waals surface area contributed by atoms with Gasteiger partial charge in [0, 0.05) is 5.56 Å². The number of fused-ring (bicyclic) bond motifs is 1. The average molecular weight is 393 g/mol. The highest BCUT2D eigenvalue weighted by Gasteiger charge is 2.37. The van der Waals surface area contributed by atoms with E-state index in [0.717, 1.165) is 10.5 Å². The first-order chi connectivity index (χ1) is 13.6. The zero-order valence-corrected chi connectivity index (χ0v) is 16.9. The van der Waals surface area contributed by atoms with Crippen LogP contribution in [-0.4, -0.2) is 36.1 Å². The zero-order valence-electron chi connectivity index (χ0n) is 16.9. The standard InChI is InChI=1S/C23H23NO5/c1-14(20(26)15-9-11-16(12-10-15)23(2,3)4)29-19(25)13-24-18-8-6-5-7-17(18)21(27)22(24)28/h5-12,14H,13H2,1-4H3/t14-/m0/s1. The molecular formula is C23H23NO5. The molecule has 0 saturated carbocycles. The van der Waals surface area contributed by atoms with Gasteiger partial charge in [-0.25, -0.2) is 0 Å². The minimum Gasteiger partial charge on any atom is -0.453 e. The number of esters is 1. The molecule has 3 rings (SSSR count). The van der Waals surface area contributed by atoms with Crippen molar-refractivity contribution in [3.63, 3.8) is 0 Å². The van der Waals surface area contributed by atoms with Gasteiger partial charge in [0.15, 0.2) is 6.10 Å². The maximum Gasteiger partial charge on any atom is 0.326 e. The Morgan fingerprint density at radius 3 is 2.24 bits per heavy atom. The fraction of sp³-hybridized carbons (Fsp3) is 0.304. The third-order valence-corrected chi connectivity index (χ3v) is 4.88. The smallest absolute Gasteiger partial charge is 0.326 e. The Morgan fingerprint density at radius 2 is 1.62 bits per heavy atom. The fourth-order valence-electron chi connectivity index (χ4n) is 3.19. The van der Waals surface area contributed by atoms with Crippen LogP contribution in [0.1, 0.15) is 54.0 Å². The maximum absolute atomic E-state index is 12.6. The Labute approximate surface area is 169 Å². The topological polar surface area (TPSA) is 80.8 Å². The Bertz CT molecular complexity index is 985. The van der Waals surface area contributed by atoms with Gasteiger partial charge >= 0.3 is 5.97 Å². The van der Waals surface area contributed by atoms with E-state index < -0.39 is 30.3 Å². The number of rotatable bonds is 5. The molecule has 0 radical (unpaired) electrons. The number of Topliss-reactive ketones (excluding diaryl/α,β-unsaturated/α-hetero) is 2. The van der Waals surface area contributed by atoms with Gasteiger partial charge in [0.1, 0.15) is 6.54 Å². The molecule has 1 atom stereocenters. The van der Waals surface area contributed by atoms with Crippen molar-refractivity contribution in [2.75, 3.05) is 11.4 Å². The quantitative estimate of drug-likeness (QED) is 0.442. The first kappa shape index (κ1) is 20.5. The summed E-state index contributed by atoms with van der Waals surface area (Å²) in [5.41, 5.74) is 2.13. The van der Waals surface area contributed by atoms with Gasteiger partial charge in [-0.1, -0.05) is 57.2 Å². The minimum atomic E-state index is -1.01. The Morgan fingerprint density at radius 1 is 1.00 bits per heavy atom. The van der Waals surface area contributed by atoms with Crippen LogP contribution in [0.15, 0.2) is 48.5 Å². The number of amides is 1. The van der Waals surface area contributed by atoms with E-state index in [2.05, 4.69) is 20.8 Å². The number of anilines is 1. The SMILES string of the molecule is C[C@H](OC(=O)CN1C(=O)C(=O)c2ccccc21)C(=O)c1ccc(C(C)(C)C)cc1. The molecule has 1 aliphatic heterocycles. The highest BCUT2D eigenvalue weighted by atomic mass is 16.5. The lowest BCUT2D eigenvalue weighted by Crippen LogP contribution is -2.37. The lowest BCUT2D eigenvalue weighted by atomic mass is 9.86. The molecule has 29 heavy (non-hydrogen) atoms. The van der Waals surface area contributed by atoms with Crippen LogP contribution in [0.25, 0.3) is 0 Å². The molecule has 0 unspecified atom stereocenters. The first-order valence-electron chi connectivity index (χ1n) is 9.39. The molecule has 1 heterocycles. The number of benzene rings is 2. The highest BCUT2D eigenvalue weighted by molar-refractivity contribution is 6.52. The van der Waals surface area contributed by atoms with Crippen LogP contribution in [0, 0.1) is 0 Å². The van der Waals surface area contributed by atoms with Crippen LogP contribution in [0.3, 0.4) is 0 Å². The summed E-state index contributed by atoms with van der Waals surface area (Å²) in [7, 11) is 0. The number of carbonyl (C=O) groups is 4. The van der Waals surface area contributed by atoms with E-state index in [0.29, 0.717) is 11.3 Å². The molecular weight excluding hydrogens is 370 g/mol. The number of nitrogens with zero attached hydrogens (tertiary/aromatic N) is 1. The predicted molar refractivity (Wildman–Crippen MR) is 108 cm³/mol. The largest absolute Gasteiger partial charge is 0.453 e. The number of carbonyl (C=O) groups excluding carboxylic acids is 4. The van der Waals surface area contributed by atoms with Gasteiger partial charge in [-0.2, -0.15) is 0 Å². The van der Waals surface area contributed by atoms with E-state index in [-0.39, 0.29) is 16.8 Å². The van der Waals surface area contributed by atoms with Crippen LogP contribution in [0.2, 0.25) is 0 Å². The monoisotopic (exact) mass is 393 g/mol. The van der Waals surface area contributed by atoms with Gasteiger partial charge in [0.25, 0.3) is 11.7 Å². The van der Waals surface area contributed by atoms with Crippen molar-refractivity contribution in [3.05, 3.63) is 65.2 Å². The van der Waals surface area contributed by atoms with Crippen LogP contribution >= 0.6 is 0 Å². The summed E-state index contributed by atoms with van der Waals surface area (Å²) in [4.78, 5) is 50.1. The number of hydrogen-bond donors (Lipinski definition) is 0. The second-order valence-electron chi connectivity index (χ2n) is 8.06. The van der Waals surface area contributed by atoms with Crippen molar-refractivity contribution < 1.29 is 23.9 Å². The molecule has 1 aliphatic rings. The van der Waals surface area contributed by atoms with E-state index in [4.69, 9.17) is 4.74 Å². The highest BCUT2D eigenvalue weighted by Crippen LogP contribution is 2.28. The average Bonchev–Trinajstić information content (AvgIpc) is 2.92. The lowest BCUT2D eigenvalue weighted by molar-refractivity contribution is -0.145. The van der Waals surface area contributed by atoms with Gasteiger partial charge in [-0.05, 0) is 30.0 Å². The molecule has 0 N–H and O–H groups in total. The van der Waals surface area contributed by atoms with Crippen LogP contribution in [0.4, 0.5) is 5.69 Å². The third kappa shape index (κ3) is 4.11. The van der Waals surface area contributed by atoms with Crippen molar-refractivity contribution in [1.82, 2.24) is 0 Å². The minimum absolute atomic E-state index is 0.0321. The summed E-state index contributed by atoms with van der Waals surface area (Å²) in [5, 5.41) is 0. The predicted octanol–water partition coefficient (Wildman–Crippen LogP) is 3.33. The molecule has 6 nitrogen and oxygen atoms in total. The van der Waals surface area contributed by atoms with Gasteiger partial charge in [0.2, 0.25) is 5.78 Å². The number of para-hydroxylation sites is 1. The Kier molecular flexibility index (Phi) is 5.38. The van der Waals surface area contributed by atoms with Gasteiger partial charge < -0.3 is 4.74 Å². The molecule has 6 heteroatoms. The van der Waals surface area contributed by atoms with E-state index in [9.17, 15) is 19.2 Å². The summed E-state index contributed by atoms with van der Waals surface area (Å²) < 4.78 is 5.23. The molecule has 0 aromatic heterocycles. The molecule has 0 saturated heterocycles. The van der Waals surface area contributed by atoms with Crippen molar-refractivity contribution in [3.8, 4) is 0 Å². The van der Waals surface area contributed by atoms with Gasteiger partial charge in [-0.3, -0.25) is 24.1 Å². The number of ether oxygens (including phenoxy) is 1. The molecule has 2 aromatic carbocycles. The molecule has 1 amide bonds. The molecule has 2 aromatic rings. The summed E-state index contributed by atoms with van der Waals surface area (Å²) in [6.07, 6.45) is -1.01. The van der Waals surface area contributed by atoms with E-state index >= 15 is 0 Å². The fourth-order valence-corrected chi connectivity index (χ4v) is 3.19. The summed E-state index contributed by atoms with van der Waals surface area (Å²) >= 11 is 0. The zero-order chi connectivity index (χ0) is 21.3. The van der Waals surface area contributed by atoms with Crippen LogP contribution < -0.4 is 4.90 Å². The maximum atomic E-state index is 12.6. The number of ketones is 2. The van der Waals surface area contributed by atoms with Crippen molar-refractivity contribution >= 4 is 29.1 Å². The van der Waals surface area contributed by atoms with E-state index in [1.54, 1.807) is 30.3 Å². The Balaban J connectivity index is 1.66. The molecule has 0 spiro atoms. The molecule has 0 bridgehead atoms. The second-order valence-corrected chi connectivity index (χ2v) is 8.06. The van der Waals surface area contributed by atoms with E-state index in [1.165, 1.54) is 13.0 Å². The lowest BCUT2D eigenvalue weighted by Gasteiger charge is -2.20. The molecule has 0 fully saturated rings. The van der Waals surface area contributed by atoms with Gasteiger partial charge in [-0.15, -0.1) is 0 Å². The summed E-state index contributed by atoms with van der Waals surface area (Å²) in [6, 6.07) is 13.7. The summed E-state index contributed by atoms with van der Waals surface area (Å²) in [6.45, 7) is 7.30. The summed E-state index contributed by atoms with van der Waals surface area (Å²) in [5.74, 6) is -2.52. The van der Waals surface area contributed by atoms with Gasteiger partial charge in [0.05, 0.1) is 11.3 Å². The normalized spacial score (nSPS) is 14.6. The van der Waals surface area contributed by atoms with Crippen LogP contribution in [0.5, 0.6) is 0 Å². The van der Waals surface area contributed by atoms with E-state index in [1.807, 2.05) is 12.1 Å². The molecule has 150 valence electrons. The second kappa shape index (κ2) is 7.62. The van der Waals surface area contributed by atoms with Crippen LogP contribution in [-0.2, 0) is 19.7 Å². The first-order valence-corrected chi connectivity index (χ1v) is 9.39. The van der Waals surface area contributed by atoms with Crippen molar-refractivity contribution in [1.29, 1.82) is 0 Å². The molecule has 0 aliphatic carbocycles. The number of hydrogen-bond acceptors (Lipinski definition) is 5. The third-order valence-electron chi connectivity index (χ3n) is 4.88. The van der Waals surface area contributed by atoms with Crippen molar-refractivity contribution in [2.45, 2.75) is 39.2 Å². The Hall–Kier alpha value is -3.28. The van der Waals surface area contributed by atoms with Crippen molar-refractivity contribution in [2.24, 2.45) is 0 Å².